The van der Waals surface area contributed by atoms with Gasteiger partial charge in [-0.1, -0.05) is 12.1 Å². The van der Waals surface area contributed by atoms with Crippen LogP contribution < -0.4 is 10.1 Å². The zero-order valence-corrected chi connectivity index (χ0v) is 9.53. The zero-order chi connectivity index (χ0) is 11.3. The van der Waals surface area contributed by atoms with Crippen LogP contribution in [0.5, 0.6) is 5.75 Å². The van der Waals surface area contributed by atoms with Gasteiger partial charge < -0.3 is 15.2 Å². The number of hydrogen-bond acceptors (Lipinski definition) is 3. The number of benzene rings is 1. The fourth-order valence-corrected chi connectivity index (χ4v) is 1.38. The normalized spacial score (nSPS) is 14.7. The molecule has 0 aliphatic heterocycles. The third kappa shape index (κ3) is 3.90. The molecule has 3 heteroatoms. The highest BCUT2D eigenvalue weighted by molar-refractivity contribution is 5.30. The van der Waals surface area contributed by atoms with Crippen LogP contribution in [0.2, 0.25) is 0 Å². The summed E-state index contributed by atoms with van der Waals surface area (Å²) in [7, 11) is 1.66. The van der Waals surface area contributed by atoms with Gasteiger partial charge in [0.15, 0.2) is 0 Å². The maximum Gasteiger partial charge on any atom is 0.119 e. The van der Waals surface area contributed by atoms with Crippen LogP contribution in [0.1, 0.15) is 25.5 Å². The van der Waals surface area contributed by atoms with Crippen LogP contribution in [-0.4, -0.2) is 24.9 Å². The van der Waals surface area contributed by atoms with Crippen molar-refractivity contribution in [1.82, 2.24) is 5.32 Å². The molecule has 1 unspecified atom stereocenters. The predicted octanol–water partition coefficient (Wildman–Crippen LogP) is 1.73. The molecule has 0 spiro atoms. The zero-order valence-electron chi connectivity index (χ0n) is 9.53. The molecule has 1 aromatic rings. The Morgan fingerprint density at radius 2 is 2.13 bits per heavy atom. The maximum absolute atomic E-state index is 9.16. The van der Waals surface area contributed by atoms with Crippen LogP contribution in [0.3, 0.4) is 0 Å². The van der Waals surface area contributed by atoms with E-state index in [-0.39, 0.29) is 12.1 Å². The monoisotopic (exact) mass is 209 g/mol. The molecule has 1 rings (SSSR count). The number of rotatable bonds is 5. The maximum atomic E-state index is 9.16. The summed E-state index contributed by atoms with van der Waals surface area (Å²) in [5.74, 6) is 0.859. The second-order valence-electron chi connectivity index (χ2n) is 3.76. The van der Waals surface area contributed by atoms with E-state index < -0.39 is 0 Å². The van der Waals surface area contributed by atoms with Gasteiger partial charge in [0.25, 0.3) is 0 Å². The fraction of sp³-hybridized carbons (Fsp3) is 0.500. The lowest BCUT2D eigenvalue weighted by atomic mass is 10.1. The molecular formula is C12H19NO2. The van der Waals surface area contributed by atoms with Gasteiger partial charge in [-0.25, -0.2) is 0 Å². The van der Waals surface area contributed by atoms with E-state index in [2.05, 4.69) is 12.2 Å². The molecule has 0 bridgehead atoms. The van der Waals surface area contributed by atoms with Crippen LogP contribution in [0.15, 0.2) is 24.3 Å². The molecule has 0 heterocycles. The standard InChI is InChI=1S/C12H19NO2/c1-9(14)8-13-10(2)11-5-4-6-12(7-11)15-3/h4-7,9-10,13-14H,8H2,1-3H3/t9-,10?/m0/s1. The van der Waals surface area contributed by atoms with Crippen molar-refractivity contribution in [2.75, 3.05) is 13.7 Å². The van der Waals surface area contributed by atoms with E-state index in [0.29, 0.717) is 6.54 Å². The molecule has 0 radical (unpaired) electrons. The highest BCUT2D eigenvalue weighted by atomic mass is 16.5. The first kappa shape index (κ1) is 12.0. The summed E-state index contributed by atoms with van der Waals surface area (Å²) < 4.78 is 5.15. The van der Waals surface area contributed by atoms with Gasteiger partial charge in [0.1, 0.15) is 5.75 Å². The molecule has 3 nitrogen and oxygen atoms in total. The SMILES string of the molecule is COc1cccc(C(C)NC[C@H](C)O)c1. The number of nitrogens with one attached hydrogen (secondary N) is 1. The summed E-state index contributed by atoms with van der Waals surface area (Å²) >= 11 is 0. The van der Waals surface area contributed by atoms with Crippen molar-refractivity contribution in [2.45, 2.75) is 26.0 Å². The molecule has 84 valence electrons. The highest BCUT2D eigenvalue weighted by Crippen LogP contribution is 2.18. The largest absolute Gasteiger partial charge is 0.497 e. The predicted molar refractivity (Wildman–Crippen MR) is 61.1 cm³/mol. The first-order valence-electron chi connectivity index (χ1n) is 5.19. The Morgan fingerprint density at radius 1 is 1.40 bits per heavy atom. The van der Waals surface area contributed by atoms with E-state index >= 15 is 0 Å². The lowest BCUT2D eigenvalue weighted by Crippen LogP contribution is -2.27. The fourth-order valence-electron chi connectivity index (χ4n) is 1.38. The van der Waals surface area contributed by atoms with Crippen LogP contribution >= 0.6 is 0 Å². The van der Waals surface area contributed by atoms with Gasteiger partial charge >= 0.3 is 0 Å². The first-order chi connectivity index (χ1) is 7.13. The molecule has 2 N–H and O–H groups in total. The topological polar surface area (TPSA) is 41.5 Å². The Bertz CT molecular complexity index is 299. The quantitative estimate of drug-likeness (QED) is 0.776. The van der Waals surface area contributed by atoms with Gasteiger partial charge in [-0.3, -0.25) is 0 Å². The summed E-state index contributed by atoms with van der Waals surface area (Å²) in [6.07, 6.45) is -0.321. The third-order valence-corrected chi connectivity index (χ3v) is 2.31. The summed E-state index contributed by atoms with van der Waals surface area (Å²) in [5.41, 5.74) is 1.16. The number of methoxy groups -OCH3 is 1. The summed E-state index contributed by atoms with van der Waals surface area (Å²) in [6.45, 7) is 4.43. The first-order valence-corrected chi connectivity index (χ1v) is 5.19. The summed E-state index contributed by atoms with van der Waals surface area (Å²) in [5, 5.41) is 12.4. The smallest absolute Gasteiger partial charge is 0.119 e. The lowest BCUT2D eigenvalue weighted by Gasteiger charge is -2.16. The van der Waals surface area contributed by atoms with Crippen molar-refractivity contribution < 1.29 is 9.84 Å². The molecular weight excluding hydrogens is 190 g/mol. The molecule has 0 fully saturated rings. The van der Waals surface area contributed by atoms with E-state index in [1.165, 1.54) is 0 Å². The molecule has 0 amide bonds. The van der Waals surface area contributed by atoms with Crippen LogP contribution in [0, 0.1) is 0 Å². The van der Waals surface area contributed by atoms with E-state index in [1.807, 2.05) is 24.3 Å². The van der Waals surface area contributed by atoms with Crippen molar-refractivity contribution in [3.05, 3.63) is 29.8 Å². The molecule has 0 aromatic heterocycles. The van der Waals surface area contributed by atoms with Crippen molar-refractivity contribution >= 4 is 0 Å². The second kappa shape index (κ2) is 5.73. The Morgan fingerprint density at radius 3 is 2.73 bits per heavy atom. The van der Waals surface area contributed by atoms with E-state index in [1.54, 1.807) is 14.0 Å². The summed E-state index contributed by atoms with van der Waals surface area (Å²) in [6, 6.07) is 8.15. The minimum absolute atomic E-state index is 0.217. The third-order valence-electron chi connectivity index (χ3n) is 2.31. The number of hydrogen-bond donors (Lipinski definition) is 2. The average Bonchev–Trinajstić information content (AvgIpc) is 2.26. The number of aliphatic hydroxyl groups is 1. The van der Waals surface area contributed by atoms with Gasteiger partial charge in [-0.2, -0.15) is 0 Å². The highest BCUT2D eigenvalue weighted by Gasteiger charge is 2.06. The Kier molecular flexibility index (Phi) is 4.59. The molecule has 2 atom stereocenters. The Balaban J connectivity index is 2.60. The lowest BCUT2D eigenvalue weighted by molar-refractivity contribution is 0.187. The van der Waals surface area contributed by atoms with Crippen molar-refractivity contribution in [2.24, 2.45) is 0 Å². The molecule has 0 aliphatic rings. The van der Waals surface area contributed by atoms with E-state index in [9.17, 15) is 0 Å². The number of aliphatic hydroxyl groups excluding tert-OH is 1. The molecule has 0 aliphatic carbocycles. The van der Waals surface area contributed by atoms with Crippen LogP contribution in [-0.2, 0) is 0 Å². The van der Waals surface area contributed by atoms with E-state index in [4.69, 9.17) is 9.84 Å². The van der Waals surface area contributed by atoms with Gasteiger partial charge in [-0.05, 0) is 31.5 Å². The minimum Gasteiger partial charge on any atom is -0.497 e. The molecule has 0 saturated heterocycles. The number of ether oxygens (including phenoxy) is 1. The Hall–Kier alpha value is -1.06. The van der Waals surface area contributed by atoms with Crippen LogP contribution in [0.25, 0.3) is 0 Å². The molecule has 0 saturated carbocycles. The van der Waals surface area contributed by atoms with Gasteiger partial charge in [0, 0.05) is 12.6 Å². The van der Waals surface area contributed by atoms with Crippen LogP contribution in [0.4, 0.5) is 0 Å². The van der Waals surface area contributed by atoms with Crippen molar-refractivity contribution in [3.8, 4) is 5.75 Å². The average molecular weight is 209 g/mol. The van der Waals surface area contributed by atoms with Gasteiger partial charge in [-0.15, -0.1) is 0 Å². The van der Waals surface area contributed by atoms with Crippen molar-refractivity contribution in [1.29, 1.82) is 0 Å². The van der Waals surface area contributed by atoms with E-state index in [0.717, 1.165) is 11.3 Å². The van der Waals surface area contributed by atoms with Crippen molar-refractivity contribution in [3.63, 3.8) is 0 Å². The van der Waals surface area contributed by atoms with Gasteiger partial charge in [0.2, 0.25) is 0 Å². The molecule has 15 heavy (non-hydrogen) atoms. The van der Waals surface area contributed by atoms with Gasteiger partial charge in [0.05, 0.1) is 13.2 Å². The summed E-state index contributed by atoms with van der Waals surface area (Å²) in [4.78, 5) is 0. The molecule has 1 aromatic carbocycles. The Labute approximate surface area is 91.1 Å². The minimum atomic E-state index is -0.321. The second-order valence-corrected chi connectivity index (χ2v) is 3.76.